The molecule has 1 aromatic heterocycles. The predicted molar refractivity (Wildman–Crippen MR) is 115 cm³/mol. The molecule has 7 heteroatoms. The number of fused-ring (bicyclic) bond motifs is 1. The van der Waals surface area contributed by atoms with Gasteiger partial charge in [0.05, 0.1) is 12.2 Å². The van der Waals surface area contributed by atoms with Gasteiger partial charge in [-0.15, -0.1) is 24.0 Å². The van der Waals surface area contributed by atoms with E-state index in [1.807, 2.05) is 24.4 Å². The Balaban J connectivity index is 0.00000243. The zero-order valence-corrected chi connectivity index (χ0v) is 17.3. The monoisotopic (exact) mass is 467 g/mol. The van der Waals surface area contributed by atoms with E-state index in [1.165, 1.54) is 5.39 Å². The number of aliphatic imine (C=N–C) groups is 1. The maximum atomic E-state index is 11.2. The normalized spacial score (nSPS) is 17.7. The molecule has 1 fully saturated rings. The molecule has 1 aliphatic heterocycles. The van der Waals surface area contributed by atoms with Crippen molar-refractivity contribution in [2.45, 2.75) is 25.8 Å². The number of nitrogens with one attached hydrogen (secondary N) is 1. The molecule has 1 saturated heterocycles. The first-order chi connectivity index (χ1) is 12.2. The number of likely N-dealkylation sites (tertiary alicyclic amines) is 1. The van der Waals surface area contributed by atoms with Gasteiger partial charge in [-0.2, -0.15) is 0 Å². The number of aromatic nitrogens is 1. The van der Waals surface area contributed by atoms with E-state index in [4.69, 9.17) is 5.73 Å². The van der Waals surface area contributed by atoms with Crippen molar-refractivity contribution in [3.63, 3.8) is 0 Å². The average molecular weight is 467 g/mol. The third-order valence-corrected chi connectivity index (χ3v) is 4.69. The van der Waals surface area contributed by atoms with E-state index in [-0.39, 0.29) is 29.9 Å². The third-order valence-electron chi connectivity index (χ3n) is 4.69. The molecule has 26 heavy (non-hydrogen) atoms. The Morgan fingerprint density at radius 1 is 1.38 bits per heavy atom. The maximum absolute atomic E-state index is 11.2. The van der Waals surface area contributed by atoms with E-state index < -0.39 is 0 Å². The minimum Gasteiger partial charge on any atom is -0.370 e. The van der Waals surface area contributed by atoms with Crippen LogP contribution in [0.3, 0.4) is 0 Å². The fraction of sp³-hybridized carbons (Fsp3) is 0.421. The second kappa shape index (κ2) is 9.70. The van der Waals surface area contributed by atoms with Crippen LogP contribution < -0.4 is 11.1 Å². The fourth-order valence-corrected chi connectivity index (χ4v) is 3.53. The summed E-state index contributed by atoms with van der Waals surface area (Å²) in [7, 11) is 1.79. The minimum absolute atomic E-state index is 0. The van der Waals surface area contributed by atoms with Gasteiger partial charge < -0.3 is 16.0 Å². The highest BCUT2D eigenvalue weighted by Crippen LogP contribution is 2.20. The molecule has 0 spiro atoms. The third kappa shape index (κ3) is 5.06. The highest BCUT2D eigenvalue weighted by atomic mass is 127. The number of halogens is 1. The number of piperidine rings is 1. The molecular weight excluding hydrogens is 441 g/mol. The van der Waals surface area contributed by atoms with Crippen molar-refractivity contribution in [1.29, 1.82) is 0 Å². The number of carbonyl (C=O) groups is 1. The molecule has 0 saturated carbocycles. The molecule has 0 bridgehead atoms. The largest absolute Gasteiger partial charge is 0.370 e. The van der Waals surface area contributed by atoms with Crippen LogP contribution in [0.25, 0.3) is 10.8 Å². The summed E-state index contributed by atoms with van der Waals surface area (Å²) in [6.45, 7) is 2.37. The molecule has 140 valence electrons. The van der Waals surface area contributed by atoms with Crippen LogP contribution in [-0.2, 0) is 11.3 Å². The number of hydrogen-bond acceptors (Lipinski definition) is 3. The Morgan fingerprint density at radius 3 is 2.96 bits per heavy atom. The summed E-state index contributed by atoms with van der Waals surface area (Å²) in [4.78, 5) is 22.3. The molecule has 2 heterocycles. The first-order valence-electron chi connectivity index (χ1n) is 8.74. The SMILES string of the molecule is CN=C(NCc1nccc2ccccc12)N1CCCC(CC(N)=O)C1.I. The smallest absolute Gasteiger partial charge is 0.217 e. The van der Waals surface area contributed by atoms with Crippen molar-refractivity contribution in [2.24, 2.45) is 16.6 Å². The van der Waals surface area contributed by atoms with Gasteiger partial charge in [-0.1, -0.05) is 24.3 Å². The molecule has 1 aromatic carbocycles. The van der Waals surface area contributed by atoms with Gasteiger partial charge in [0.1, 0.15) is 0 Å². The number of guanidine groups is 1. The zero-order valence-electron chi connectivity index (χ0n) is 15.0. The lowest BCUT2D eigenvalue weighted by atomic mass is 9.95. The number of hydrogen-bond donors (Lipinski definition) is 2. The molecule has 3 rings (SSSR count). The predicted octanol–water partition coefficient (Wildman–Crippen LogP) is 2.52. The Bertz CT molecular complexity index is 774. The number of primary amides is 1. The number of carbonyl (C=O) groups excluding carboxylic acids is 1. The van der Waals surface area contributed by atoms with Crippen LogP contribution in [-0.4, -0.2) is 41.9 Å². The van der Waals surface area contributed by atoms with Crippen LogP contribution in [0, 0.1) is 5.92 Å². The molecule has 1 aliphatic rings. The van der Waals surface area contributed by atoms with E-state index in [1.54, 1.807) is 7.05 Å². The van der Waals surface area contributed by atoms with Crippen LogP contribution in [0.5, 0.6) is 0 Å². The highest BCUT2D eigenvalue weighted by Gasteiger charge is 2.23. The van der Waals surface area contributed by atoms with E-state index in [0.717, 1.165) is 43.0 Å². The average Bonchev–Trinajstić information content (AvgIpc) is 2.62. The van der Waals surface area contributed by atoms with Gasteiger partial charge in [0, 0.05) is 38.1 Å². The van der Waals surface area contributed by atoms with Crippen molar-refractivity contribution in [1.82, 2.24) is 15.2 Å². The Kier molecular flexibility index (Phi) is 7.62. The van der Waals surface area contributed by atoms with Crippen LogP contribution in [0.4, 0.5) is 0 Å². The number of nitrogens with zero attached hydrogens (tertiary/aromatic N) is 3. The van der Waals surface area contributed by atoms with Crippen LogP contribution in [0.1, 0.15) is 25.0 Å². The maximum Gasteiger partial charge on any atom is 0.217 e. The van der Waals surface area contributed by atoms with Crippen molar-refractivity contribution in [3.8, 4) is 0 Å². The Labute approximate surface area is 171 Å². The van der Waals surface area contributed by atoms with Gasteiger partial charge in [-0.05, 0) is 30.2 Å². The summed E-state index contributed by atoms with van der Waals surface area (Å²) in [6.07, 6.45) is 4.37. The fourth-order valence-electron chi connectivity index (χ4n) is 3.53. The second-order valence-electron chi connectivity index (χ2n) is 6.50. The molecular formula is C19H26IN5O. The summed E-state index contributed by atoms with van der Waals surface area (Å²) in [5.41, 5.74) is 6.36. The van der Waals surface area contributed by atoms with Gasteiger partial charge in [-0.3, -0.25) is 14.8 Å². The van der Waals surface area contributed by atoms with Gasteiger partial charge in [0.15, 0.2) is 5.96 Å². The van der Waals surface area contributed by atoms with E-state index in [9.17, 15) is 4.79 Å². The second-order valence-corrected chi connectivity index (χ2v) is 6.50. The van der Waals surface area contributed by atoms with Gasteiger partial charge >= 0.3 is 0 Å². The number of nitrogens with two attached hydrogens (primary N) is 1. The number of pyridine rings is 1. The number of benzene rings is 1. The van der Waals surface area contributed by atoms with Crippen molar-refractivity contribution < 1.29 is 4.79 Å². The highest BCUT2D eigenvalue weighted by molar-refractivity contribution is 14.0. The molecule has 1 amide bonds. The molecule has 1 unspecified atom stereocenters. The standard InChI is InChI=1S/C19H25N5O.HI/c1-21-19(24-10-4-5-14(13-24)11-18(20)25)23-12-17-16-7-3-2-6-15(16)8-9-22-17;/h2-3,6-9,14H,4-5,10-13H2,1H3,(H2,20,25)(H,21,23);1H. The number of rotatable bonds is 4. The van der Waals surface area contributed by atoms with E-state index in [2.05, 4.69) is 32.3 Å². The summed E-state index contributed by atoms with van der Waals surface area (Å²) >= 11 is 0. The van der Waals surface area contributed by atoms with Crippen molar-refractivity contribution >= 4 is 46.6 Å². The van der Waals surface area contributed by atoms with Crippen LogP contribution >= 0.6 is 24.0 Å². The van der Waals surface area contributed by atoms with Gasteiger partial charge in [0.2, 0.25) is 5.91 Å². The van der Waals surface area contributed by atoms with Crippen molar-refractivity contribution in [3.05, 3.63) is 42.2 Å². The lowest BCUT2D eigenvalue weighted by molar-refractivity contribution is -0.119. The lowest BCUT2D eigenvalue weighted by Gasteiger charge is -2.34. The molecule has 1 atom stereocenters. The topological polar surface area (TPSA) is 83.6 Å². The lowest BCUT2D eigenvalue weighted by Crippen LogP contribution is -2.47. The minimum atomic E-state index is -0.227. The molecule has 3 N–H and O–H groups in total. The Hall–Kier alpha value is -1.90. The molecule has 0 radical (unpaired) electrons. The van der Waals surface area contributed by atoms with E-state index >= 15 is 0 Å². The van der Waals surface area contributed by atoms with Crippen LogP contribution in [0.2, 0.25) is 0 Å². The summed E-state index contributed by atoms with van der Waals surface area (Å²) in [6, 6.07) is 10.3. The van der Waals surface area contributed by atoms with Crippen LogP contribution in [0.15, 0.2) is 41.5 Å². The summed E-state index contributed by atoms with van der Waals surface area (Å²) in [5, 5.41) is 5.75. The van der Waals surface area contributed by atoms with Gasteiger partial charge in [-0.25, -0.2) is 0 Å². The Morgan fingerprint density at radius 2 is 2.19 bits per heavy atom. The number of amides is 1. The molecule has 0 aliphatic carbocycles. The first-order valence-corrected chi connectivity index (χ1v) is 8.74. The first kappa shape index (κ1) is 20.4. The van der Waals surface area contributed by atoms with Gasteiger partial charge in [0.25, 0.3) is 0 Å². The van der Waals surface area contributed by atoms with E-state index in [0.29, 0.717) is 18.9 Å². The zero-order chi connectivity index (χ0) is 17.6. The van der Waals surface area contributed by atoms with Crippen molar-refractivity contribution in [2.75, 3.05) is 20.1 Å². The summed E-state index contributed by atoms with van der Waals surface area (Å²) in [5.74, 6) is 0.930. The molecule has 2 aromatic rings. The quantitative estimate of drug-likeness (QED) is 0.411. The summed E-state index contributed by atoms with van der Waals surface area (Å²) < 4.78 is 0. The molecule has 6 nitrogen and oxygen atoms in total.